The zero-order valence-electron chi connectivity index (χ0n) is 26.0. The second-order valence-corrected chi connectivity index (χ2v) is 15.2. The fraction of sp³-hybridized carbons (Fsp3) is 0.588. The van der Waals surface area contributed by atoms with Crippen molar-refractivity contribution in [2.45, 2.75) is 93.0 Å². The molecule has 2 aromatic rings. The molecule has 2 bridgehead atoms. The lowest BCUT2D eigenvalue weighted by molar-refractivity contribution is -0.172. The van der Waals surface area contributed by atoms with Crippen molar-refractivity contribution < 1.29 is 23.9 Å². The van der Waals surface area contributed by atoms with Gasteiger partial charge in [-0.15, -0.1) is 11.3 Å². The summed E-state index contributed by atoms with van der Waals surface area (Å²) in [6, 6.07) is 8.43. The quantitative estimate of drug-likeness (QED) is 0.295. The first-order valence-electron chi connectivity index (χ1n) is 15.2. The number of benzene rings is 1. The number of thiophene rings is 1. The molecule has 1 saturated heterocycles. The van der Waals surface area contributed by atoms with Crippen LogP contribution in [0, 0.1) is 28.1 Å². The molecular weight excluding hydrogens is 548 g/mol. The first-order chi connectivity index (χ1) is 19.7. The van der Waals surface area contributed by atoms with Crippen molar-refractivity contribution in [1.29, 1.82) is 0 Å². The van der Waals surface area contributed by atoms with E-state index in [-0.39, 0.29) is 36.2 Å². The smallest absolute Gasteiger partial charge is 0.341 e. The van der Waals surface area contributed by atoms with Crippen LogP contribution in [0.25, 0.3) is 0 Å². The molecule has 42 heavy (non-hydrogen) atoms. The largest absolute Gasteiger partial charge is 0.462 e. The Kier molecular flexibility index (Phi) is 7.92. The number of carbonyl (C=O) groups is 4. The monoisotopic (exact) mass is 592 g/mol. The van der Waals surface area contributed by atoms with Gasteiger partial charge in [0, 0.05) is 17.2 Å². The van der Waals surface area contributed by atoms with Gasteiger partial charge in [-0.05, 0) is 66.9 Å². The van der Waals surface area contributed by atoms with Gasteiger partial charge in [0.25, 0.3) is 0 Å². The van der Waals surface area contributed by atoms with Gasteiger partial charge in [0.2, 0.25) is 17.7 Å². The molecule has 1 aliphatic heterocycles. The maximum Gasteiger partial charge on any atom is 0.341 e. The molecule has 2 heterocycles. The Bertz CT molecular complexity index is 1400. The Morgan fingerprint density at radius 3 is 2.45 bits per heavy atom. The topological polar surface area (TPSA) is 92.8 Å². The number of hydrogen-bond acceptors (Lipinski definition) is 6. The van der Waals surface area contributed by atoms with Crippen LogP contribution in [0.4, 0.5) is 5.00 Å². The number of anilines is 1. The summed E-state index contributed by atoms with van der Waals surface area (Å²) >= 11 is 1.43. The van der Waals surface area contributed by atoms with Crippen molar-refractivity contribution in [3.63, 3.8) is 0 Å². The number of ether oxygens (including phenoxy) is 1. The molecule has 3 amide bonds. The Hall–Kier alpha value is -3.00. The van der Waals surface area contributed by atoms with Gasteiger partial charge in [0.1, 0.15) is 11.0 Å². The van der Waals surface area contributed by atoms with E-state index in [0.717, 1.165) is 35.3 Å². The van der Waals surface area contributed by atoms with Gasteiger partial charge < -0.3 is 10.1 Å². The van der Waals surface area contributed by atoms with Crippen LogP contribution in [0.1, 0.15) is 94.1 Å². The third-order valence-corrected chi connectivity index (χ3v) is 11.7. The van der Waals surface area contributed by atoms with Gasteiger partial charge in [-0.25, -0.2) is 4.79 Å². The fourth-order valence-electron chi connectivity index (χ4n) is 7.31. The molecule has 8 heteroatoms. The van der Waals surface area contributed by atoms with Gasteiger partial charge >= 0.3 is 5.97 Å². The zero-order valence-corrected chi connectivity index (χ0v) is 26.8. The van der Waals surface area contributed by atoms with E-state index >= 15 is 0 Å². The first kappa shape index (κ1) is 30.5. The summed E-state index contributed by atoms with van der Waals surface area (Å²) in [5, 5.41) is 3.48. The molecule has 1 aromatic carbocycles. The van der Waals surface area contributed by atoms with Gasteiger partial charge in [0.05, 0.1) is 17.6 Å². The van der Waals surface area contributed by atoms with Crippen LogP contribution in [0.2, 0.25) is 0 Å². The predicted octanol–water partition coefficient (Wildman–Crippen LogP) is 6.44. The summed E-state index contributed by atoms with van der Waals surface area (Å²) in [6.45, 7) is 14.6. The van der Waals surface area contributed by atoms with E-state index in [2.05, 4.69) is 26.1 Å². The molecule has 0 radical (unpaired) electrons. The Morgan fingerprint density at radius 2 is 1.81 bits per heavy atom. The van der Waals surface area contributed by atoms with Crippen molar-refractivity contribution in [2.75, 3.05) is 11.9 Å². The van der Waals surface area contributed by atoms with Crippen LogP contribution in [-0.4, -0.2) is 41.2 Å². The third kappa shape index (κ3) is 4.99. The second-order valence-electron chi connectivity index (χ2n) is 14.1. The number of fused-ring (bicyclic) bond motifs is 3. The predicted molar refractivity (Wildman–Crippen MR) is 164 cm³/mol. The number of likely N-dealkylation sites (tertiary alicyclic amines) is 1. The number of carbonyl (C=O) groups excluding carboxylic acids is 4. The summed E-state index contributed by atoms with van der Waals surface area (Å²) in [4.78, 5) is 57.9. The molecule has 2 fully saturated rings. The number of esters is 1. The van der Waals surface area contributed by atoms with E-state index in [1.807, 2.05) is 51.1 Å². The number of rotatable bonds is 7. The van der Waals surface area contributed by atoms with E-state index in [9.17, 15) is 19.2 Å². The lowest BCUT2D eigenvalue weighted by Gasteiger charge is -2.49. The molecule has 0 spiro atoms. The summed E-state index contributed by atoms with van der Waals surface area (Å²) in [5.41, 5.74) is 1.12. The highest BCUT2D eigenvalue weighted by molar-refractivity contribution is 7.17. The minimum Gasteiger partial charge on any atom is -0.462 e. The molecule has 4 unspecified atom stereocenters. The average molecular weight is 593 g/mol. The third-order valence-electron chi connectivity index (χ3n) is 10.5. The van der Waals surface area contributed by atoms with Crippen molar-refractivity contribution >= 4 is 40.0 Å². The van der Waals surface area contributed by atoms with E-state index in [1.165, 1.54) is 16.2 Å². The average Bonchev–Trinajstić information content (AvgIpc) is 3.37. The van der Waals surface area contributed by atoms with E-state index in [4.69, 9.17) is 4.74 Å². The molecule has 1 saturated carbocycles. The van der Waals surface area contributed by atoms with Crippen molar-refractivity contribution in [1.82, 2.24) is 4.90 Å². The SMILES string of the molecule is CCOC(=O)c1c(NC(=O)C(Cc2ccccc2)N2C(=O)C3CCC(C)(C2=O)C3(C)C)sc2c1CCC(C(C)(C)C)C2. The van der Waals surface area contributed by atoms with Crippen molar-refractivity contribution in [3.8, 4) is 0 Å². The van der Waals surface area contributed by atoms with Crippen LogP contribution in [0.3, 0.4) is 0 Å². The van der Waals surface area contributed by atoms with Crippen LogP contribution < -0.4 is 5.32 Å². The normalized spacial score (nSPS) is 25.6. The van der Waals surface area contributed by atoms with Crippen LogP contribution in [0.15, 0.2) is 30.3 Å². The molecule has 7 nitrogen and oxygen atoms in total. The second kappa shape index (κ2) is 10.9. The summed E-state index contributed by atoms with van der Waals surface area (Å²) in [7, 11) is 0. The van der Waals surface area contributed by atoms with E-state index < -0.39 is 28.7 Å². The Labute approximate surface area is 253 Å². The van der Waals surface area contributed by atoms with Crippen molar-refractivity contribution in [2.24, 2.45) is 28.1 Å². The molecule has 4 atom stereocenters. The lowest BCUT2D eigenvalue weighted by atomic mass is 9.62. The highest BCUT2D eigenvalue weighted by atomic mass is 32.1. The summed E-state index contributed by atoms with van der Waals surface area (Å²) in [6.07, 6.45) is 3.96. The molecule has 3 aliphatic rings. The standard InChI is InChI=1S/C34H44N2O5S/c1-8-41-30(39)26-22-15-14-21(32(2,3)4)19-25(22)42-28(26)35-27(37)24(18-20-12-10-9-11-13-20)36-29(38)23-16-17-34(7,31(36)40)33(23,5)6/h9-13,21,23-24H,8,14-19H2,1-7H3,(H,35,37). The molecule has 226 valence electrons. The number of nitrogens with one attached hydrogen (secondary N) is 1. The molecule has 2 aliphatic carbocycles. The van der Waals surface area contributed by atoms with Crippen LogP contribution in [0.5, 0.6) is 0 Å². The number of imide groups is 1. The van der Waals surface area contributed by atoms with E-state index in [1.54, 1.807) is 6.92 Å². The highest BCUT2D eigenvalue weighted by Crippen LogP contribution is 2.60. The number of hydrogen-bond donors (Lipinski definition) is 1. The fourth-order valence-corrected chi connectivity index (χ4v) is 8.63. The summed E-state index contributed by atoms with van der Waals surface area (Å²) in [5.74, 6) is -1.34. The summed E-state index contributed by atoms with van der Waals surface area (Å²) < 4.78 is 5.45. The minimum atomic E-state index is -1.04. The van der Waals surface area contributed by atoms with Gasteiger partial charge in [-0.1, -0.05) is 71.9 Å². The van der Waals surface area contributed by atoms with E-state index in [0.29, 0.717) is 29.3 Å². The minimum absolute atomic E-state index is 0.119. The van der Waals surface area contributed by atoms with Crippen LogP contribution in [-0.2, 0) is 38.4 Å². The maximum absolute atomic E-state index is 14.3. The first-order valence-corrected chi connectivity index (χ1v) is 16.1. The molecule has 1 aromatic heterocycles. The zero-order chi connectivity index (χ0) is 30.6. The molecular formula is C34H44N2O5S. The van der Waals surface area contributed by atoms with Gasteiger partial charge in [-0.2, -0.15) is 0 Å². The Morgan fingerprint density at radius 1 is 1.12 bits per heavy atom. The van der Waals surface area contributed by atoms with Crippen molar-refractivity contribution in [3.05, 3.63) is 51.9 Å². The van der Waals surface area contributed by atoms with Crippen LogP contribution >= 0.6 is 11.3 Å². The highest BCUT2D eigenvalue weighted by Gasteiger charge is 2.65. The number of nitrogens with zero attached hydrogens (tertiary/aromatic N) is 1. The lowest BCUT2D eigenvalue weighted by Crippen LogP contribution is -2.64. The maximum atomic E-state index is 14.3. The Balaban J connectivity index is 1.53. The molecule has 5 rings (SSSR count). The van der Waals surface area contributed by atoms with Gasteiger partial charge in [0.15, 0.2) is 0 Å². The number of amides is 3. The molecule has 1 N–H and O–H groups in total. The number of piperidine rings is 1. The van der Waals surface area contributed by atoms with Gasteiger partial charge in [-0.3, -0.25) is 19.3 Å².